The first-order chi connectivity index (χ1) is 9.39. The molecule has 0 aliphatic heterocycles. The fraction of sp³-hybridized carbons (Fsp3) is 0.600. The second-order valence-corrected chi connectivity index (χ2v) is 5.46. The molecule has 0 spiro atoms. The monoisotopic (exact) mass is 290 g/mol. The summed E-state index contributed by atoms with van der Waals surface area (Å²) < 4.78 is 52.5. The van der Waals surface area contributed by atoms with E-state index in [1.165, 1.54) is 18.2 Å². The maximum Gasteiger partial charge on any atom is 0.392 e. The van der Waals surface area contributed by atoms with Gasteiger partial charge in [-0.2, -0.15) is 13.2 Å². The van der Waals surface area contributed by atoms with Gasteiger partial charge in [-0.3, -0.25) is 0 Å². The van der Waals surface area contributed by atoms with Gasteiger partial charge in [-0.05, 0) is 30.4 Å². The van der Waals surface area contributed by atoms with E-state index in [0.29, 0.717) is 19.3 Å². The Labute approximate surface area is 115 Å². The summed E-state index contributed by atoms with van der Waals surface area (Å²) >= 11 is 0. The normalized spacial score (nSPS) is 25.4. The van der Waals surface area contributed by atoms with E-state index in [4.69, 9.17) is 0 Å². The van der Waals surface area contributed by atoms with E-state index >= 15 is 0 Å². The molecule has 1 aromatic carbocycles. The molecular weight excluding hydrogens is 272 g/mol. The van der Waals surface area contributed by atoms with Crippen molar-refractivity contribution in [2.75, 3.05) is 0 Å². The van der Waals surface area contributed by atoms with Crippen LogP contribution >= 0.6 is 0 Å². The summed E-state index contributed by atoms with van der Waals surface area (Å²) in [5, 5.41) is 10.1. The van der Waals surface area contributed by atoms with E-state index in [2.05, 4.69) is 0 Å². The minimum absolute atomic E-state index is 0.0580. The molecule has 1 aliphatic rings. The second-order valence-electron chi connectivity index (χ2n) is 5.46. The zero-order valence-corrected chi connectivity index (χ0v) is 11.0. The minimum atomic E-state index is -4.29. The summed E-state index contributed by atoms with van der Waals surface area (Å²) in [7, 11) is 0. The molecule has 1 N–H and O–H groups in total. The molecule has 0 aromatic heterocycles. The number of aliphatic hydroxyl groups is 1. The van der Waals surface area contributed by atoms with Crippen molar-refractivity contribution in [2.24, 2.45) is 11.8 Å². The molecule has 20 heavy (non-hydrogen) atoms. The van der Waals surface area contributed by atoms with Crippen molar-refractivity contribution in [3.05, 3.63) is 35.6 Å². The Morgan fingerprint density at radius 1 is 1.15 bits per heavy atom. The van der Waals surface area contributed by atoms with Crippen LogP contribution in [0.25, 0.3) is 0 Å². The summed E-state index contributed by atoms with van der Waals surface area (Å²) in [6.07, 6.45) is -3.88. The molecule has 2 rings (SSSR count). The lowest BCUT2D eigenvalue weighted by atomic mass is 9.74. The number of hydrogen-bond donors (Lipinski definition) is 1. The highest BCUT2D eigenvalue weighted by Gasteiger charge is 2.47. The van der Waals surface area contributed by atoms with Crippen LogP contribution in [0.5, 0.6) is 0 Å². The summed E-state index contributed by atoms with van der Waals surface area (Å²) in [4.78, 5) is 0. The fourth-order valence-electron chi connectivity index (χ4n) is 3.07. The van der Waals surface area contributed by atoms with E-state index in [1.807, 2.05) is 0 Å². The Kier molecular flexibility index (Phi) is 4.68. The molecule has 0 amide bonds. The van der Waals surface area contributed by atoms with E-state index in [0.717, 1.165) is 0 Å². The van der Waals surface area contributed by atoms with Gasteiger partial charge in [0.25, 0.3) is 0 Å². The predicted molar refractivity (Wildman–Crippen MR) is 67.6 cm³/mol. The van der Waals surface area contributed by atoms with E-state index < -0.39 is 29.9 Å². The molecule has 1 aromatic rings. The average molecular weight is 290 g/mol. The van der Waals surface area contributed by atoms with E-state index in [1.54, 1.807) is 6.07 Å². The minimum Gasteiger partial charge on any atom is -0.392 e. The first-order valence-corrected chi connectivity index (χ1v) is 6.88. The van der Waals surface area contributed by atoms with Crippen LogP contribution in [-0.4, -0.2) is 17.4 Å². The molecule has 5 heteroatoms. The van der Waals surface area contributed by atoms with Crippen LogP contribution in [-0.2, 0) is 6.42 Å². The Balaban J connectivity index is 2.10. The van der Waals surface area contributed by atoms with Crippen molar-refractivity contribution in [3.63, 3.8) is 0 Å². The van der Waals surface area contributed by atoms with Gasteiger partial charge in [-0.1, -0.05) is 31.0 Å². The third kappa shape index (κ3) is 3.51. The molecule has 1 aliphatic carbocycles. The van der Waals surface area contributed by atoms with Crippen LogP contribution in [0, 0.1) is 17.7 Å². The number of aliphatic hydroxyl groups excluding tert-OH is 1. The van der Waals surface area contributed by atoms with Crippen molar-refractivity contribution in [3.8, 4) is 0 Å². The summed E-state index contributed by atoms with van der Waals surface area (Å²) in [5.74, 6) is -2.78. The van der Waals surface area contributed by atoms with Gasteiger partial charge in [-0.25, -0.2) is 4.39 Å². The Hall–Kier alpha value is -1.10. The lowest BCUT2D eigenvalue weighted by molar-refractivity contribution is -0.206. The van der Waals surface area contributed by atoms with Gasteiger partial charge in [-0.15, -0.1) is 0 Å². The van der Waals surface area contributed by atoms with Crippen molar-refractivity contribution in [2.45, 2.75) is 44.4 Å². The molecule has 0 saturated heterocycles. The molecule has 3 unspecified atom stereocenters. The molecule has 0 bridgehead atoms. The molecule has 0 radical (unpaired) electrons. The molecule has 1 fully saturated rings. The van der Waals surface area contributed by atoms with Crippen LogP contribution in [0.3, 0.4) is 0 Å². The van der Waals surface area contributed by atoms with Crippen LogP contribution in [0.2, 0.25) is 0 Å². The number of hydrogen-bond acceptors (Lipinski definition) is 1. The third-order valence-corrected chi connectivity index (χ3v) is 4.12. The van der Waals surface area contributed by atoms with Crippen LogP contribution in [0.15, 0.2) is 24.3 Å². The average Bonchev–Trinajstić information content (AvgIpc) is 2.40. The highest BCUT2D eigenvalue weighted by atomic mass is 19.4. The molecule has 1 saturated carbocycles. The van der Waals surface area contributed by atoms with Gasteiger partial charge in [0, 0.05) is 6.42 Å². The molecule has 0 heterocycles. The van der Waals surface area contributed by atoms with E-state index in [9.17, 15) is 22.7 Å². The van der Waals surface area contributed by atoms with Gasteiger partial charge < -0.3 is 5.11 Å². The van der Waals surface area contributed by atoms with Gasteiger partial charge in [0.05, 0.1) is 12.0 Å². The number of rotatable bonds is 3. The van der Waals surface area contributed by atoms with Crippen molar-refractivity contribution < 1.29 is 22.7 Å². The van der Waals surface area contributed by atoms with Gasteiger partial charge >= 0.3 is 6.18 Å². The SMILES string of the molecule is OC(Cc1ccccc1F)C1CCCCC1C(F)(F)F. The van der Waals surface area contributed by atoms with Gasteiger partial charge in [0.15, 0.2) is 0 Å². The van der Waals surface area contributed by atoms with Crippen molar-refractivity contribution in [1.29, 1.82) is 0 Å². The third-order valence-electron chi connectivity index (χ3n) is 4.12. The molecular formula is C15H18F4O. The summed E-state index contributed by atoms with van der Waals surface area (Å²) in [6, 6.07) is 5.89. The lowest BCUT2D eigenvalue weighted by Gasteiger charge is -2.36. The van der Waals surface area contributed by atoms with Crippen LogP contribution in [0.4, 0.5) is 17.6 Å². The zero-order chi connectivity index (χ0) is 14.8. The number of benzene rings is 1. The fourth-order valence-corrected chi connectivity index (χ4v) is 3.07. The van der Waals surface area contributed by atoms with Crippen LogP contribution < -0.4 is 0 Å². The van der Waals surface area contributed by atoms with E-state index in [-0.39, 0.29) is 18.4 Å². The largest absolute Gasteiger partial charge is 0.392 e. The first-order valence-electron chi connectivity index (χ1n) is 6.88. The topological polar surface area (TPSA) is 20.2 Å². The Morgan fingerprint density at radius 3 is 2.45 bits per heavy atom. The second kappa shape index (κ2) is 6.12. The lowest BCUT2D eigenvalue weighted by Crippen LogP contribution is -2.40. The number of halogens is 4. The number of alkyl halides is 3. The Morgan fingerprint density at radius 2 is 1.80 bits per heavy atom. The zero-order valence-electron chi connectivity index (χ0n) is 11.0. The molecule has 3 atom stereocenters. The summed E-state index contributed by atoms with van der Waals surface area (Å²) in [5.41, 5.74) is 0.270. The smallest absolute Gasteiger partial charge is 0.392 e. The van der Waals surface area contributed by atoms with Crippen molar-refractivity contribution >= 4 is 0 Å². The maximum atomic E-state index is 13.5. The first kappa shape index (κ1) is 15.3. The summed E-state index contributed by atoms with van der Waals surface area (Å²) in [6.45, 7) is 0. The molecule has 1 nitrogen and oxygen atoms in total. The van der Waals surface area contributed by atoms with Gasteiger partial charge in [0.2, 0.25) is 0 Å². The van der Waals surface area contributed by atoms with Gasteiger partial charge in [0.1, 0.15) is 5.82 Å². The standard InChI is InChI=1S/C15H18F4O/c16-13-8-4-1-5-10(13)9-14(20)11-6-2-3-7-12(11)15(17,18)19/h1,4-5,8,11-12,14,20H,2-3,6-7,9H2. The quantitative estimate of drug-likeness (QED) is 0.831. The van der Waals surface area contributed by atoms with Crippen molar-refractivity contribution in [1.82, 2.24) is 0 Å². The van der Waals surface area contributed by atoms with Crippen LogP contribution in [0.1, 0.15) is 31.2 Å². The maximum absolute atomic E-state index is 13.5. The predicted octanol–water partition coefficient (Wildman–Crippen LogP) is 4.10. The Bertz CT molecular complexity index is 444. The highest BCUT2D eigenvalue weighted by Crippen LogP contribution is 2.43. The molecule has 112 valence electrons. The highest BCUT2D eigenvalue weighted by molar-refractivity contribution is 5.18.